The first-order valence-corrected chi connectivity index (χ1v) is 12.7. The van der Waals surface area contributed by atoms with Crippen molar-refractivity contribution in [3.05, 3.63) is 29.3 Å². The lowest BCUT2D eigenvalue weighted by molar-refractivity contribution is 0.331. The molecule has 28 heavy (non-hydrogen) atoms. The Morgan fingerprint density at radius 3 is 1.96 bits per heavy atom. The molecule has 0 aliphatic carbocycles. The van der Waals surface area contributed by atoms with E-state index in [9.17, 15) is 9.79 Å². The molecule has 0 saturated carbocycles. The largest absolute Gasteiger partial charge is 0.451 e. The molecule has 0 aliphatic rings. The predicted octanol–water partition coefficient (Wildman–Crippen LogP) is 7.40. The molecule has 0 saturated heterocycles. The van der Waals surface area contributed by atoms with Crippen LogP contribution in [-0.2, 0) is 10.8 Å². The van der Waals surface area contributed by atoms with Crippen molar-refractivity contribution < 1.29 is 14.3 Å². The zero-order chi connectivity index (χ0) is 21.6. The molecule has 1 rings (SSSR count). The lowest BCUT2D eigenvalue weighted by Gasteiger charge is -2.31. The molecule has 0 atom stereocenters. The molecule has 2 N–H and O–H groups in total. The minimum absolute atomic E-state index is 0.0377. The van der Waals surface area contributed by atoms with Gasteiger partial charge in [0.05, 0.1) is 0 Å². The summed E-state index contributed by atoms with van der Waals surface area (Å²) in [5.74, 6) is 1.39. The molecule has 1 aromatic rings. The third kappa shape index (κ3) is 8.80. The number of benzene rings is 1. The van der Waals surface area contributed by atoms with E-state index in [1.807, 2.05) is 12.1 Å². The third-order valence-electron chi connectivity index (χ3n) is 5.06. The molecule has 0 fully saturated rings. The van der Waals surface area contributed by atoms with E-state index in [4.69, 9.17) is 4.52 Å². The Bertz CT molecular complexity index is 595. The zero-order valence-electron chi connectivity index (χ0n) is 19.5. The lowest BCUT2D eigenvalue weighted by atomic mass is 9.75. The first kappa shape index (κ1) is 25.4. The average Bonchev–Trinajstić information content (AvgIpc) is 2.51. The second-order valence-electron chi connectivity index (χ2n) is 10.6. The van der Waals surface area contributed by atoms with Gasteiger partial charge in [0.1, 0.15) is 6.16 Å². The van der Waals surface area contributed by atoms with Crippen LogP contribution in [0.1, 0.15) is 105 Å². The Morgan fingerprint density at radius 2 is 1.43 bits per heavy atom. The van der Waals surface area contributed by atoms with E-state index >= 15 is 0 Å². The smallest absolute Gasteiger partial charge is 0.287 e. The summed E-state index contributed by atoms with van der Waals surface area (Å²) >= 11 is 0. The van der Waals surface area contributed by atoms with Crippen molar-refractivity contribution in [1.82, 2.24) is 0 Å². The quantitative estimate of drug-likeness (QED) is 0.311. The standard InChI is InChI=1S/C24H44O3P/c1-19(2)15-12-10-9-11-13-18-28(25,26)27-21-17-14-16-20(23(3,4)5)22(21)24(6,7)8/h14,16-17,19,25-26H,9-13,15,18H2,1-8H3/q+1. The third-order valence-corrected chi connectivity index (χ3v) is 6.45. The van der Waals surface area contributed by atoms with Gasteiger partial charge in [-0.05, 0) is 41.2 Å². The van der Waals surface area contributed by atoms with E-state index in [0.717, 1.165) is 30.7 Å². The minimum atomic E-state index is -3.40. The molecule has 1 aromatic carbocycles. The highest BCUT2D eigenvalue weighted by Gasteiger charge is 2.39. The summed E-state index contributed by atoms with van der Waals surface area (Å²) in [7, 11) is -3.40. The van der Waals surface area contributed by atoms with Crippen LogP contribution in [0.15, 0.2) is 18.2 Å². The molecule has 3 nitrogen and oxygen atoms in total. The molecular weight excluding hydrogens is 367 g/mol. The molecule has 0 aromatic heterocycles. The molecule has 0 bridgehead atoms. The number of hydrogen-bond donors (Lipinski definition) is 2. The van der Waals surface area contributed by atoms with Gasteiger partial charge in [-0.2, -0.15) is 9.79 Å². The first-order chi connectivity index (χ1) is 12.7. The van der Waals surface area contributed by atoms with E-state index in [-0.39, 0.29) is 10.8 Å². The minimum Gasteiger partial charge on any atom is -0.287 e. The highest BCUT2D eigenvalue weighted by Crippen LogP contribution is 2.54. The molecule has 0 aliphatic heterocycles. The van der Waals surface area contributed by atoms with Crippen LogP contribution >= 0.6 is 7.94 Å². The SMILES string of the molecule is CC(C)CCCCCCC[P+](O)(O)Oc1cccc(C(C)(C)C)c1C(C)(C)C. The van der Waals surface area contributed by atoms with Crippen LogP contribution in [-0.4, -0.2) is 15.9 Å². The summed E-state index contributed by atoms with van der Waals surface area (Å²) in [5.41, 5.74) is 2.09. The van der Waals surface area contributed by atoms with Gasteiger partial charge in [-0.1, -0.05) is 93.2 Å². The molecule has 0 unspecified atom stereocenters. The van der Waals surface area contributed by atoms with E-state index in [1.54, 1.807) is 0 Å². The van der Waals surface area contributed by atoms with Crippen LogP contribution in [0.5, 0.6) is 5.75 Å². The van der Waals surface area contributed by atoms with E-state index in [2.05, 4.69) is 61.5 Å². The van der Waals surface area contributed by atoms with Crippen LogP contribution in [0.25, 0.3) is 0 Å². The Balaban J connectivity index is 2.76. The van der Waals surface area contributed by atoms with Crippen molar-refractivity contribution >= 4 is 7.94 Å². The van der Waals surface area contributed by atoms with Crippen molar-refractivity contribution in [3.8, 4) is 5.75 Å². The van der Waals surface area contributed by atoms with Gasteiger partial charge in [0.15, 0.2) is 5.75 Å². The zero-order valence-corrected chi connectivity index (χ0v) is 20.4. The number of rotatable bonds is 10. The molecule has 162 valence electrons. The summed E-state index contributed by atoms with van der Waals surface area (Å²) in [6.07, 6.45) is 7.08. The van der Waals surface area contributed by atoms with Gasteiger partial charge in [0, 0.05) is 5.56 Å². The summed E-state index contributed by atoms with van der Waals surface area (Å²) < 4.78 is 5.88. The normalized spacial score (nSPS) is 13.2. The van der Waals surface area contributed by atoms with Crippen molar-refractivity contribution in [2.45, 2.75) is 105 Å². The van der Waals surface area contributed by atoms with Crippen LogP contribution in [0.2, 0.25) is 0 Å². The number of unbranched alkanes of at least 4 members (excludes halogenated alkanes) is 4. The summed E-state index contributed by atoms with van der Waals surface area (Å²) in [6.45, 7) is 17.5. The highest BCUT2D eigenvalue weighted by atomic mass is 31.2. The fraction of sp³-hybridized carbons (Fsp3) is 0.750. The Labute approximate surface area is 174 Å². The van der Waals surface area contributed by atoms with Gasteiger partial charge in [-0.25, -0.2) is 0 Å². The molecule has 0 heterocycles. The number of hydrogen-bond acceptors (Lipinski definition) is 3. The van der Waals surface area contributed by atoms with Gasteiger partial charge in [-0.15, -0.1) is 0 Å². The maximum atomic E-state index is 10.6. The Hall–Kier alpha value is -0.630. The van der Waals surface area contributed by atoms with E-state index in [0.29, 0.717) is 11.9 Å². The van der Waals surface area contributed by atoms with Crippen LogP contribution in [0.3, 0.4) is 0 Å². The van der Waals surface area contributed by atoms with E-state index in [1.165, 1.54) is 24.8 Å². The van der Waals surface area contributed by atoms with Crippen molar-refractivity contribution in [2.24, 2.45) is 5.92 Å². The topological polar surface area (TPSA) is 49.7 Å². The fourth-order valence-electron chi connectivity index (χ4n) is 3.61. The lowest BCUT2D eigenvalue weighted by Crippen LogP contribution is -2.23. The molecule has 0 amide bonds. The van der Waals surface area contributed by atoms with Crippen LogP contribution < -0.4 is 4.52 Å². The fourth-order valence-corrected chi connectivity index (χ4v) is 4.80. The van der Waals surface area contributed by atoms with Gasteiger partial charge in [0.25, 0.3) is 0 Å². The predicted molar refractivity (Wildman–Crippen MR) is 123 cm³/mol. The van der Waals surface area contributed by atoms with Crippen molar-refractivity contribution in [2.75, 3.05) is 6.16 Å². The molecule has 4 heteroatoms. The monoisotopic (exact) mass is 411 g/mol. The van der Waals surface area contributed by atoms with Gasteiger partial charge in [-0.3, -0.25) is 4.52 Å². The van der Waals surface area contributed by atoms with Gasteiger partial charge < -0.3 is 0 Å². The maximum absolute atomic E-state index is 10.6. The van der Waals surface area contributed by atoms with Gasteiger partial charge in [0.2, 0.25) is 0 Å². The first-order valence-electron chi connectivity index (χ1n) is 10.9. The second kappa shape index (κ2) is 10.4. The van der Waals surface area contributed by atoms with Crippen LogP contribution in [0.4, 0.5) is 0 Å². The highest BCUT2D eigenvalue weighted by molar-refractivity contribution is 7.60. The van der Waals surface area contributed by atoms with Crippen molar-refractivity contribution in [1.29, 1.82) is 0 Å². The second-order valence-corrected chi connectivity index (χ2v) is 12.6. The summed E-state index contributed by atoms with van der Waals surface area (Å²) in [6, 6.07) is 5.96. The maximum Gasteiger partial charge on any atom is 0.451 e. The molecule has 0 spiro atoms. The van der Waals surface area contributed by atoms with Crippen molar-refractivity contribution in [3.63, 3.8) is 0 Å². The van der Waals surface area contributed by atoms with E-state index < -0.39 is 7.94 Å². The van der Waals surface area contributed by atoms with Gasteiger partial charge >= 0.3 is 7.94 Å². The Morgan fingerprint density at radius 1 is 0.857 bits per heavy atom. The summed E-state index contributed by atoms with van der Waals surface area (Å²) in [4.78, 5) is 21.1. The molecular formula is C24H44O3P+. The van der Waals surface area contributed by atoms with Crippen LogP contribution in [0, 0.1) is 5.92 Å². The summed E-state index contributed by atoms with van der Waals surface area (Å²) in [5, 5.41) is 0. The molecule has 0 radical (unpaired) electrons. The average molecular weight is 412 g/mol. The Kier molecular flexibility index (Phi) is 9.45.